The van der Waals surface area contributed by atoms with Crippen LogP contribution in [0, 0.1) is 0 Å². The zero-order valence-corrected chi connectivity index (χ0v) is 11.6. The van der Waals surface area contributed by atoms with Crippen molar-refractivity contribution in [3.05, 3.63) is 35.9 Å². The van der Waals surface area contributed by atoms with E-state index in [1.54, 1.807) is 0 Å². The molecule has 1 saturated heterocycles. The van der Waals surface area contributed by atoms with Gasteiger partial charge in [0.05, 0.1) is 0 Å². The van der Waals surface area contributed by atoms with E-state index in [2.05, 4.69) is 12.1 Å². The number of likely N-dealkylation sites (tertiary alicyclic amines) is 1. The summed E-state index contributed by atoms with van der Waals surface area (Å²) in [6.45, 7) is 0. The van der Waals surface area contributed by atoms with E-state index in [0.717, 1.165) is 6.42 Å². The number of hydrogen-bond acceptors (Lipinski definition) is 1. The average Bonchev–Trinajstić information content (AvgIpc) is 2.26. The fourth-order valence-corrected chi connectivity index (χ4v) is 2.96. The molecule has 2 rings (SSSR count). The van der Waals surface area contributed by atoms with Gasteiger partial charge in [-0.2, -0.15) is 0 Å². The van der Waals surface area contributed by atoms with E-state index in [-0.39, 0.29) is 5.91 Å². The molecular formula is C12H13NOW. The minimum atomic E-state index is 0.250. The molecule has 1 fully saturated rings. The van der Waals surface area contributed by atoms with E-state index in [4.69, 9.17) is 0 Å². The molecule has 0 spiro atoms. The molecule has 2 nitrogen and oxygen atoms in total. The molecule has 1 amide bonds. The fraction of sp³-hybridized carbons (Fsp3) is 0.333. The molecule has 0 aliphatic carbocycles. The predicted octanol–water partition coefficient (Wildman–Crippen LogP) is 1.70. The summed E-state index contributed by atoms with van der Waals surface area (Å²) in [5.74, 6) is 0.641. The molecule has 0 N–H and O–H groups in total. The van der Waals surface area contributed by atoms with E-state index in [1.165, 1.54) is 28.9 Å². The third-order valence-electron chi connectivity index (χ3n) is 2.86. The number of rotatable bonds is 1. The van der Waals surface area contributed by atoms with Crippen molar-refractivity contribution in [1.82, 2.24) is 4.90 Å². The standard InChI is InChI=1S/C12H13NO.W/c1-13-8-7-11(9-12(13)14)10-5-3-2-4-6-10;/h2-6,11H,7,9H2,1H3;. The molecule has 0 radical (unpaired) electrons. The first-order valence-electron chi connectivity index (χ1n) is 5.03. The number of carbonyl (C=O) groups excluding carboxylic acids is 1. The molecule has 0 saturated carbocycles. The van der Waals surface area contributed by atoms with Crippen LogP contribution >= 0.6 is 0 Å². The van der Waals surface area contributed by atoms with Crippen molar-refractivity contribution < 1.29 is 24.1 Å². The van der Waals surface area contributed by atoms with Crippen molar-refractivity contribution in [2.75, 3.05) is 7.05 Å². The van der Waals surface area contributed by atoms with Crippen LogP contribution in [0.5, 0.6) is 0 Å². The topological polar surface area (TPSA) is 20.3 Å². The van der Waals surface area contributed by atoms with Gasteiger partial charge in [0.15, 0.2) is 0 Å². The van der Waals surface area contributed by atoms with Crippen LogP contribution in [0.15, 0.2) is 30.3 Å². The average molecular weight is 371 g/mol. The summed E-state index contributed by atoms with van der Waals surface area (Å²) in [4.78, 5) is 13.5. The van der Waals surface area contributed by atoms with Crippen LogP contribution in [0.3, 0.4) is 0 Å². The Morgan fingerprint density at radius 2 is 1.93 bits per heavy atom. The van der Waals surface area contributed by atoms with E-state index in [1.807, 2.05) is 30.1 Å². The Morgan fingerprint density at radius 1 is 1.27 bits per heavy atom. The SMILES string of the molecule is CN1C(=O)CC(c2ccccc2)C[C]1=[W]. The van der Waals surface area contributed by atoms with E-state index < -0.39 is 0 Å². The molecule has 1 aromatic carbocycles. The van der Waals surface area contributed by atoms with Crippen LogP contribution in [0.4, 0.5) is 0 Å². The number of piperidine rings is 1. The van der Waals surface area contributed by atoms with Crippen LogP contribution in [-0.2, 0) is 24.1 Å². The molecule has 78 valence electrons. The number of carbonyl (C=O) groups is 1. The van der Waals surface area contributed by atoms with Crippen molar-refractivity contribution in [3.8, 4) is 0 Å². The van der Waals surface area contributed by atoms with Crippen LogP contribution in [0.25, 0.3) is 0 Å². The molecule has 1 unspecified atom stereocenters. The zero-order chi connectivity index (χ0) is 10.8. The molecule has 1 aliphatic heterocycles. The van der Waals surface area contributed by atoms with Gasteiger partial charge in [-0.1, -0.05) is 0 Å². The predicted molar refractivity (Wildman–Crippen MR) is 56.2 cm³/mol. The van der Waals surface area contributed by atoms with Crippen LogP contribution in [0.1, 0.15) is 24.3 Å². The molecule has 15 heavy (non-hydrogen) atoms. The number of hydrogen-bond donors (Lipinski definition) is 0. The summed E-state index contributed by atoms with van der Waals surface area (Å²) < 4.78 is 1.25. The Bertz CT molecular complexity index is 370. The summed E-state index contributed by atoms with van der Waals surface area (Å²) in [6.07, 6.45) is 1.68. The quantitative estimate of drug-likeness (QED) is 0.736. The molecular weight excluding hydrogens is 358 g/mol. The maximum absolute atomic E-state index is 11.7. The van der Waals surface area contributed by atoms with Crippen molar-refractivity contribution in [2.45, 2.75) is 18.8 Å². The van der Waals surface area contributed by atoms with Gasteiger partial charge in [-0.25, -0.2) is 0 Å². The molecule has 1 aromatic rings. The van der Waals surface area contributed by atoms with Crippen LogP contribution in [0.2, 0.25) is 0 Å². The van der Waals surface area contributed by atoms with Crippen LogP contribution in [-0.4, -0.2) is 21.9 Å². The molecule has 3 heteroatoms. The van der Waals surface area contributed by atoms with Gasteiger partial charge in [-0.3, -0.25) is 0 Å². The molecule has 0 bridgehead atoms. The molecule has 1 atom stereocenters. The number of benzene rings is 1. The van der Waals surface area contributed by atoms with Gasteiger partial charge < -0.3 is 0 Å². The van der Waals surface area contributed by atoms with Gasteiger partial charge >= 0.3 is 101 Å². The third-order valence-corrected chi connectivity index (χ3v) is 4.44. The fourth-order valence-electron chi connectivity index (χ4n) is 1.87. The van der Waals surface area contributed by atoms with Crippen LogP contribution < -0.4 is 0 Å². The molecule has 1 heterocycles. The van der Waals surface area contributed by atoms with Gasteiger partial charge in [0.1, 0.15) is 0 Å². The number of nitrogens with zero attached hydrogens (tertiary/aromatic N) is 1. The van der Waals surface area contributed by atoms with Gasteiger partial charge in [0, 0.05) is 0 Å². The summed E-state index contributed by atoms with van der Waals surface area (Å²) in [5, 5.41) is 0. The number of amides is 1. The summed E-state index contributed by atoms with van der Waals surface area (Å²) in [7, 11) is 1.88. The zero-order valence-electron chi connectivity index (χ0n) is 8.64. The second kappa shape index (κ2) is 4.40. The van der Waals surface area contributed by atoms with E-state index in [0.29, 0.717) is 12.3 Å². The van der Waals surface area contributed by atoms with E-state index >= 15 is 0 Å². The second-order valence-corrected chi connectivity index (χ2v) is 5.56. The van der Waals surface area contributed by atoms with Crippen molar-refractivity contribution >= 4 is 9.93 Å². The Labute approximate surface area is 101 Å². The Morgan fingerprint density at radius 3 is 2.53 bits per heavy atom. The first-order valence-corrected chi connectivity index (χ1v) is 6.49. The summed E-state index contributed by atoms with van der Waals surface area (Å²) >= 11 is 1.40. The Kier molecular flexibility index (Phi) is 3.16. The maximum atomic E-state index is 11.7. The van der Waals surface area contributed by atoms with Gasteiger partial charge in [0.25, 0.3) is 0 Å². The normalized spacial score (nSPS) is 21.9. The van der Waals surface area contributed by atoms with Crippen molar-refractivity contribution in [1.29, 1.82) is 0 Å². The van der Waals surface area contributed by atoms with Crippen molar-refractivity contribution in [3.63, 3.8) is 0 Å². The van der Waals surface area contributed by atoms with Gasteiger partial charge in [0.2, 0.25) is 0 Å². The summed E-state index contributed by atoms with van der Waals surface area (Å²) in [6, 6.07) is 10.3. The Hall–Kier alpha value is -0.752. The van der Waals surface area contributed by atoms with E-state index in [9.17, 15) is 4.79 Å². The molecule has 0 aromatic heterocycles. The minimum absolute atomic E-state index is 0.250. The monoisotopic (exact) mass is 371 g/mol. The van der Waals surface area contributed by atoms with Crippen molar-refractivity contribution in [2.24, 2.45) is 0 Å². The first-order chi connectivity index (χ1) is 7.18. The Balaban J connectivity index is 2.20. The first kappa shape index (κ1) is 10.8. The third kappa shape index (κ3) is 2.26. The van der Waals surface area contributed by atoms with Gasteiger partial charge in [-0.15, -0.1) is 0 Å². The second-order valence-electron chi connectivity index (χ2n) is 3.86. The van der Waals surface area contributed by atoms with Gasteiger partial charge in [-0.05, 0) is 0 Å². The summed E-state index contributed by atoms with van der Waals surface area (Å²) in [5.41, 5.74) is 1.29. The molecule has 1 aliphatic rings.